The Morgan fingerprint density at radius 1 is 1.16 bits per heavy atom. The molecule has 1 aliphatic carbocycles. The van der Waals surface area contributed by atoms with E-state index in [1.54, 1.807) is 37.5 Å². The van der Waals surface area contributed by atoms with E-state index in [2.05, 4.69) is 5.32 Å². The van der Waals surface area contributed by atoms with Crippen LogP contribution in [0, 0.1) is 0 Å². The second-order valence-electron chi connectivity index (χ2n) is 9.63. The zero-order valence-electron chi connectivity index (χ0n) is 19.3. The number of ether oxygens (including phenoxy) is 1. The normalized spacial score (nSPS) is 16.9. The standard InChI is InChI=1S/C25H32N2O5/c1-15(2)27-14-18(11-12-21(27)28)17-10-9-16-7-6-8-19(20(16)13-17)22(23(29)30)26-24(31)32-25(3,4)5/h9-15,19,22H,6-8H2,1-5H3,(H,26,31)(H,29,30)/t19-,22+/m1/s1. The van der Waals surface area contributed by atoms with Gasteiger partial charge in [0.05, 0.1) is 0 Å². The molecule has 2 aromatic rings. The number of hydrogen-bond acceptors (Lipinski definition) is 4. The van der Waals surface area contributed by atoms with Gasteiger partial charge in [-0.25, -0.2) is 9.59 Å². The van der Waals surface area contributed by atoms with E-state index in [4.69, 9.17) is 4.74 Å². The van der Waals surface area contributed by atoms with E-state index in [0.717, 1.165) is 35.1 Å². The molecule has 1 aliphatic rings. The number of benzene rings is 1. The molecule has 7 nitrogen and oxygen atoms in total. The van der Waals surface area contributed by atoms with E-state index in [1.807, 2.05) is 38.2 Å². The van der Waals surface area contributed by atoms with Crippen molar-refractivity contribution in [2.24, 2.45) is 0 Å². The van der Waals surface area contributed by atoms with E-state index in [1.165, 1.54) is 0 Å². The largest absolute Gasteiger partial charge is 0.480 e. The van der Waals surface area contributed by atoms with Crippen molar-refractivity contribution in [3.05, 3.63) is 58.0 Å². The number of fused-ring (bicyclic) bond motifs is 1. The van der Waals surface area contributed by atoms with Crippen molar-refractivity contribution in [3.63, 3.8) is 0 Å². The number of carboxylic acid groups (broad SMARTS) is 1. The van der Waals surface area contributed by atoms with Gasteiger partial charge in [-0.2, -0.15) is 0 Å². The molecule has 0 unspecified atom stereocenters. The first-order chi connectivity index (χ1) is 15.0. The molecule has 0 bridgehead atoms. The highest BCUT2D eigenvalue weighted by atomic mass is 16.6. The predicted molar refractivity (Wildman–Crippen MR) is 123 cm³/mol. The second-order valence-corrected chi connectivity index (χ2v) is 9.63. The van der Waals surface area contributed by atoms with E-state index in [9.17, 15) is 19.5 Å². The first-order valence-corrected chi connectivity index (χ1v) is 11.0. The van der Waals surface area contributed by atoms with E-state index < -0.39 is 23.7 Å². The molecule has 0 fully saturated rings. The number of carbonyl (C=O) groups is 2. The third-order valence-electron chi connectivity index (χ3n) is 5.68. The number of aromatic nitrogens is 1. The van der Waals surface area contributed by atoms with Gasteiger partial charge in [-0.1, -0.05) is 18.2 Å². The summed E-state index contributed by atoms with van der Waals surface area (Å²) in [7, 11) is 0. The first-order valence-electron chi connectivity index (χ1n) is 11.0. The molecule has 1 amide bonds. The summed E-state index contributed by atoms with van der Waals surface area (Å²) in [6.45, 7) is 9.12. The van der Waals surface area contributed by atoms with Crippen LogP contribution in [-0.4, -0.2) is 33.4 Å². The number of hydrogen-bond donors (Lipinski definition) is 2. The molecule has 0 aliphatic heterocycles. The van der Waals surface area contributed by atoms with Gasteiger partial charge < -0.3 is 19.7 Å². The van der Waals surface area contributed by atoms with Crippen molar-refractivity contribution in [3.8, 4) is 11.1 Å². The van der Waals surface area contributed by atoms with Crippen molar-refractivity contribution < 1.29 is 19.4 Å². The lowest BCUT2D eigenvalue weighted by Gasteiger charge is -2.31. The zero-order chi connectivity index (χ0) is 23.6. The Bertz CT molecular complexity index is 1060. The number of nitrogens with zero attached hydrogens (tertiary/aromatic N) is 1. The van der Waals surface area contributed by atoms with Gasteiger partial charge in [-0.3, -0.25) is 4.79 Å². The van der Waals surface area contributed by atoms with Gasteiger partial charge in [0.25, 0.3) is 5.56 Å². The highest BCUT2D eigenvalue weighted by Gasteiger charge is 2.35. The smallest absolute Gasteiger partial charge is 0.408 e. The second kappa shape index (κ2) is 9.18. The molecule has 0 radical (unpaired) electrons. The Morgan fingerprint density at radius 3 is 2.47 bits per heavy atom. The van der Waals surface area contributed by atoms with E-state index in [0.29, 0.717) is 6.42 Å². The summed E-state index contributed by atoms with van der Waals surface area (Å²) in [6.07, 6.45) is 3.44. The van der Waals surface area contributed by atoms with Crippen LogP contribution in [-0.2, 0) is 16.0 Å². The van der Waals surface area contributed by atoms with E-state index >= 15 is 0 Å². The molecule has 0 spiro atoms. The highest BCUT2D eigenvalue weighted by molar-refractivity contribution is 5.81. The number of carbonyl (C=O) groups excluding carboxylic acids is 1. The Kier molecular flexibility index (Phi) is 6.77. The molecule has 0 saturated carbocycles. The average Bonchev–Trinajstić information content (AvgIpc) is 2.70. The van der Waals surface area contributed by atoms with Crippen molar-refractivity contribution in [2.75, 3.05) is 0 Å². The van der Waals surface area contributed by atoms with Crippen molar-refractivity contribution in [1.29, 1.82) is 0 Å². The molecule has 3 rings (SSSR count). The highest BCUT2D eigenvalue weighted by Crippen LogP contribution is 2.37. The summed E-state index contributed by atoms with van der Waals surface area (Å²) in [4.78, 5) is 36.6. The summed E-state index contributed by atoms with van der Waals surface area (Å²) in [5.41, 5.74) is 3.01. The Morgan fingerprint density at radius 2 is 1.84 bits per heavy atom. The molecule has 2 N–H and O–H groups in total. The number of aryl methyl sites for hydroxylation is 1. The SMILES string of the molecule is CC(C)n1cc(-c2ccc3c(c2)[C@H]([C@H](NC(=O)OC(C)(C)C)C(=O)O)CCC3)ccc1=O. The van der Waals surface area contributed by atoms with Crippen LogP contribution in [0.5, 0.6) is 0 Å². The van der Waals surface area contributed by atoms with Crippen molar-refractivity contribution in [1.82, 2.24) is 9.88 Å². The molecule has 1 heterocycles. The maximum atomic E-state index is 12.3. The minimum atomic E-state index is -1.09. The Labute approximate surface area is 188 Å². The molecule has 1 aromatic carbocycles. The summed E-state index contributed by atoms with van der Waals surface area (Å²) in [5.74, 6) is -1.47. The van der Waals surface area contributed by atoms with Crippen LogP contribution in [0.2, 0.25) is 0 Å². The molecule has 2 atom stereocenters. The minimum absolute atomic E-state index is 0.0299. The first kappa shape index (κ1) is 23.6. The van der Waals surface area contributed by atoms with Gasteiger partial charge >= 0.3 is 12.1 Å². The summed E-state index contributed by atoms with van der Waals surface area (Å²) in [6, 6.07) is 8.30. The number of amides is 1. The topological polar surface area (TPSA) is 97.6 Å². The van der Waals surface area contributed by atoms with Crippen LogP contribution in [0.4, 0.5) is 4.79 Å². The number of pyridine rings is 1. The van der Waals surface area contributed by atoms with Gasteiger partial charge in [0.15, 0.2) is 0 Å². The number of rotatable bonds is 5. The molecule has 32 heavy (non-hydrogen) atoms. The lowest BCUT2D eigenvalue weighted by molar-refractivity contribution is -0.140. The zero-order valence-corrected chi connectivity index (χ0v) is 19.3. The number of carboxylic acids is 1. The number of nitrogens with one attached hydrogen (secondary N) is 1. The monoisotopic (exact) mass is 440 g/mol. The molecule has 1 aromatic heterocycles. The minimum Gasteiger partial charge on any atom is -0.480 e. The summed E-state index contributed by atoms with van der Waals surface area (Å²) >= 11 is 0. The predicted octanol–water partition coefficient (Wildman–Crippen LogP) is 4.49. The molecule has 0 saturated heterocycles. The van der Waals surface area contributed by atoms with Gasteiger partial charge in [0, 0.05) is 24.2 Å². The quantitative estimate of drug-likeness (QED) is 0.714. The number of aliphatic carboxylic acids is 1. The summed E-state index contributed by atoms with van der Waals surface area (Å²) < 4.78 is 6.97. The number of alkyl carbamates (subject to hydrolysis) is 1. The fraction of sp³-hybridized carbons (Fsp3) is 0.480. The fourth-order valence-electron chi connectivity index (χ4n) is 4.21. The van der Waals surface area contributed by atoms with Gasteiger partial charge in [0.2, 0.25) is 0 Å². The van der Waals surface area contributed by atoms with Crippen LogP contribution in [0.15, 0.2) is 41.3 Å². The lowest BCUT2D eigenvalue weighted by atomic mass is 9.77. The van der Waals surface area contributed by atoms with Crippen LogP contribution < -0.4 is 10.9 Å². The van der Waals surface area contributed by atoms with Gasteiger partial charge in [-0.05, 0) is 82.2 Å². The molecular formula is C25H32N2O5. The van der Waals surface area contributed by atoms with Crippen molar-refractivity contribution in [2.45, 2.75) is 77.5 Å². The van der Waals surface area contributed by atoms with Crippen molar-refractivity contribution >= 4 is 12.1 Å². The Hall–Kier alpha value is -3.09. The summed E-state index contributed by atoms with van der Waals surface area (Å²) in [5, 5.41) is 12.5. The van der Waals surface area contributed by atoms with Crippen LogP contribution in [0.3, 0.4) is 0 Å². The fourth-order valence-corrected chi connectivity index (χ4v) is 4.21. The molecular weight excluding hydrogens is 408 g/mol. The van der Waals surface area contributed by atoms with Gasteiger partial charge in [0.1, 0.15) is 11.6 Å². The maximum Gasteiger partial charge on any atom is 0.408 e. The van der Waals surface area contributed by atoms with Crippen LogP contribution in [0.25, 0.3) is 11.1 Å². The third-order valence-corrected chi connectivity index (χ3v) is 5.68. The van der Waals surface area contributed by atoms with Crippen LogP contribution >= 0.6 is 0 Å². The van der Waals surface area contributed by atoms with Gasteiger partial charge in [-0.15, -0.1) is 0 Å². The van der Waals surface area contributed by atoms with Crippen LogP contribution in [0.1, 0.15) is 70.5 Å². The molecule has 172 valence electrons. The van der Waals surface area contributed by atoms with E-state index in [-0.39, 0.29) is 17.5 Å². The third kappa shape index (κ3) is 5.39. The Balaban J connectivity index is 1.97. The maximum absolute atomic E-state index is 12.3. The average molecular weight is 441 g/mol. The lowest BCUT2D eigenvalue weighted by Crippen LogP contribution is -2.47. The molecule has 7 heteroatoms.